The van der Waals surface area contributed by atoms with Gasteiger partial charge in [-0.15, -0.1) is 0 Å². The summed E-state index contributed by atoms with van der Waals surface area (Å²) < 4.78 is 0. The minimum absolute atomic E-state index is 0.136. The van der Waals surface area contributed by atoms with Gasteiger partial charge < -0.3 is 15.5 Å². The highest BCUT2D eigenvalue weighted by molar-refractivity contribution is 5.77. The van der Waals surface area contributed by atoms with Crippen molar-refractivity contribution in [2.45, 2.75) is 31.3 Å². The number of hydrogen-bond acceptors (Lipinski definition) is 3. The van der Waals surface area contributed by atoms with Crippen molar-refractivity contribution in [2.24, 2.45) is 0 Å². The molecule has 0 bridgehead atoms. The molecule has 0 saturated carbocycles. The maximum atomic E-state index is 11.5. The van der Waals surface area contributed by atoms with Gasteiger partial charge in [-0.1, -0.05) is 0 Å². The van der Waals surface area contributed by atoms with Gasteiger partial charge in [0.25, 0.3) is 0 Å². The lowest BCUT2D eigenvalue weighted by Crippen LogP contribution is -2.55. The Bertz CT molecular complexity index is 288. The molecule has 2 amide bonds. The summed E-state index contributed by atoms with van der Waals surface area (Å²) in [6, 6.07) is 1.27. The van der Waals surface area contributed by atoms with E-state index < -0.39 is 0 Å². The zero-order chi connectivity index (χ0) is 11.7. The number of nitrogens with zero attached hydrogens (tertiary/aromatic N) is 2. The molecule has 3 saturated heterocycles. The summed E-state index contributed by atoms with van der Waals surface area (Å²) in [5.74, 6) is 0. The molecule has 17 heavy (non-hydrogen) atoms. The molecule has 2 unspecified atom stereocenters. The number of rotatable bonds is 1. The fraction of sp³-hybridized carbons (Fsp3) is 0.917. The predicted octanol–water partition coefficient (Wildman–Crippen LogP) is -0.162. The number of nitrogens with one attached hydrogen (secondary N) is 2. The van der Waals surface area contributed by atoms with Crippen LogP contribution in [-0.2, 0) is 0 Å². The lowest BCUT2D eigenvalue weighted by Gasteiger charge is -2.40. The van der Waals surface area contributed by atoms with Gasteiger partial charge in [0.05, 0.1) is 6.04 Å². The molecule has 3 aliphatic heterocycles. The van der Waals surface area contributed by atoms with Crippen LogP contribution in [0.4, 0.5) is 4.79 Å². The standard InChI is InChI=1S/C12H22N4O/c17-12-14-8-11-9-15(6-7-16(11)12)10-2-1-4-13-5-3-10/h10-11,13H,1-9H2,(H,14,17). The third-order valence-corrected chi connectivity index (χ3v) is 4.33. The fourth-order valence-electron chi connectivity index (χ4n) is 3.33. The molecule has 0 spiro atoms. The number of urea groups is 1. The Hall–Kier alpha value is -0.810. The lowest BCUT2D eigenvalue weighted by molar-refractivity contribution is 0.0829. The van der Waals surface area contributed by atoms with Crippen molar-refractivity contribution in [1.82, 2.24) is 20.4 Å². The first-order chi connectivity index (χ1) is 8.34. The van der Waals surface area contributed by atoms with Crippen molar-refractivity contribution in [3.8, 4) is 0 Å². The van der Waals surface area contributed by atoms with Gasteiger partial charge in [0.15, 0.2) is 0 Å². The Morgan fingerprint density at radius 3 is 3.00 bits per heavy atom. The van der Waals surface area contributed by atoms with Crippen LogP contribution >= 0.6 is 0 Å². The van der Waals surface area contributed by atoms with E-state index in [1.807, 2.05) is 4.90 Å². The second kappa shape index (κ2) is 4.82. The topological polar surface area (TPSA) is 47.6 Å². The van der Waals surface area contributed by atoms with E-state index in [-0.39, 0.29) is 6.03 Å². The highest BCUT2D eigenvalue weighted by Crippen LogP contribution is 2.20. The zero-order valence-corrected chi connectivity index (χ0v) is 10.3. The molecule has 5 nitrogen and oxygen atoms in total. The SMILES string of the molecule is O=C1NCC2CN(C3CCCNCC3)CCN12. The molecule has 0 aromatic heterocycles. The summed E-state index contributed by atoms with van der Waals surface area (Å²) in [5.41, 5.74) is 0. The number of amides is 2. The second-order valence-electron chi connectivity index (χ2n) is 5.36. The summed E-state index contributed by atoms with van der Waals surface area (Å²) in [5, 5.41) is 6.41. The molecule has 3 heterocycles. The van der Waals surface area contributed by atoms with Crippen LogP contribution in [0.1, 0.15) is 19.3 Å². The van der Waals surface area contributed by atoms with Gasteiger partial charge in [-0.3, -0.25) is 4.90 Å². The number of hydrogen-bond donors (Lipinski definition) is 2. The van der Waals surface area contributed by atoms with E-state index >= 15 is 0 Å². The van der Waals surface area contributed by atoms with E-state index in [0.29, 0.717) is 6.04 Å². The normalized spacial score (nSPS) is 35.3. The molecule has 0 radical (unpaired) electrons. The zero-order valence-electron chi connectivity index (χ0n) is 10.3. The molecule has 3 fully saturated rings. The molecule has 5 heteroatoms. The fourth-order valence-corrected chi connectivity index (χ4v) is 3.33. The van der Waals surface area contributed by atoms with Crippen LogP contribution in [0.25, 0.3) is 0 Å². The van der Waals surface area contributed by atoms with E-state index in [1.165, 1.54) is 25.8 Å². The predicted molar refractivity (Wildman–Crippen MR) is 66.0 cm³/mol. The summed E-state index contributed by atoms with van der Waals surface area (Å²) in [4.78, 5) is 16.1. The molecule has 3 aliphatic rings. The van der Waals surface area contributed by atoms with Gasteiger partial charge in [0.1, 0.15) is 0 Å². The Morgan fingerprint density at radius 1 is 1.12 bits per heavy atom. The maximum Gasteiger partial charge on any atom is 0.317 e. The number of fused-ring (bicyclic) bond motifs is 1. The van der Waals surface area contributed by atoms with Gasteiger partial charge in [-0.05, 0) is 32.4 Å². The first-order valence-electron chi connectivity index (χ1n) is 6.84. The van der Waals surface area contributed by atoms with Gasteiger partial charge >= 0.3 is 6.03 Å². The summed E-state index contributed by atoms with van der Waals surface area (Å²) in [7, 11) is 0. The van der Waals surface area contributed by atoms with E-state index in [4.69, 9.17) is 0 Å². The van der Waals surface area contributed by atoms with E-state index in [0.717, 1.165) is 38.8 Å². The quantitative estimate of drug-likeness (QED) is 0.667. The molecule has 2 atom stereocenters. The van der Waals surface area contributed by atoms with Gasteiger partial charge in [0, 0.05) is 32.2 Å². The number of piperazine rings is 1. The van der Waals surface area contributed by atoms with Crippen LogP contribution in [0.2, 0.25) is 0 Å². The van der Waals surface area contributed by atoms with Crippen LogP contribution in [0.3, 0.4) is 0 Å². The monoisotopic (exact) mass is 238 g/mol. The molecular weight excluding hydrogens is 216 g/mol. The highest BCUT2D eigenvalue weighted by Gasteiger charge is 2.37. The highest BCUT2D eigenvalue weighted by atomic mass is 16.2. The smallest absolute Gasteiger partial charge is 0.317 e. The number of carbonyl (C=O) groups is 1. The molecule has 0 aromatic rings. The minimum atomic E-state index is 0.136. The molecule has 0 aromatic carbocycles. The third-order valence-electron chi connectivity index (χ3n) is 4.33. The van der Waals surface area contributed by atoms with Crippen molar-refractivity contribution in [3.63, 3.8) is 0 Å². The van der Waals surface area contributed by atoms with Crippen molar-refractivity contribution >= 4 is 6.03 Å². The van der Waals surface area contributed by atoms with Crippen LogP contribution in [0.15, 0.2) is 0 Å². The lowest BCUT2D eigenvalue weighted by atomic mass is 10.0. The Labute approximate surface area is 103 Å². The van der Waals surface area contributed by atoms with Crippen LogP contribution < -0.4 is 10.6 Å². The van der Waals surface area contributed by atoms with Gasteiger partial charge in [0.2, 0.25) is 0 Å². The summed E-state index contributed by atoms with van der Waals surface area (Å²) >= 11 is 0. The molecular formula is C12H22N4O. The molecule has 0 aliphatic carbocycles. The van der Waals surface area contributed by atoms with Gasteiger partial charge in [-0.25, -0.2) is 4.79 Å². The van der Waals surface area contributed by atoms with Crippen molar-refractivity contribution < 1.29 is 4.79 Å². The average molecular weight is 238 g/mol. The first kappa shape index (κ1) is 11.3. The van der Waals surface area contributed by atoms with Gasteiger partial charge in [-0.2, -0.15) is 0 Å². The van der Waals surface area contributed by atoms with Crippen LogP contribution in [0, 0.1) is 0 Å². The summed E-state index contributed by atoms with van der Waals surface area (Å²) in [6.07, 6.45) is 3.85. The van der Waals surface area contributed by atoms with E-state index in [1.54, 1.807) is 0 Å². The Balaban J connectivity index is 1.60. The first-order valence-corrected chi connectivity index (χ1v) is 6.84. The van der Waals surface area contributed by atoms with E-state index in [9.17, 15) is 4.79 Å². The molecule has 2 N–H and O–H groups in total. The largest absolute Gasteiger partial charge is 0.336 e. The Morgan fingerprint density at radius 2 is 2.06 bits per heavy atom. The van der Waals surface area contributed by atoms with Crippen LogP contribution in [0.5, 0.6) is 0 Å². The van der Waals surface area contributed by atoms with E-state index in [2.05, 4.69) is 15.5 Å². The third kappa shape index (κ3) is 2.26. The summed E-state index contributed by atoms with van der Waals surface area (Å²) in [6.45, 7) is 6.16. The number of carbonyl (C=O) groups excluding carboxylic acids is 1. The molecule has 3 rings (SSSR count). The van der Waals surface area contributed by atoms with Crippen molar-refractivity contribution in [2.75, 3.05) is 39.3 Å². The minimum Gasteiger partial charge on any atom is -0.336 e. The maximum absolute atomic E-state index is 11.5. The van der Waals surface area contributed by atoms with Crippen molar-refractivity contribution in [1.29, 1.82) is 0 Å². The Kier molecular flexibility index (Phi) is 3.20. The second-order valence-corrected chi connectivity index (χ2v) is 5.36. The molecule has 96 valence electrons. The van der Waals surface area contributed by atoms with Crippen molar-refractivity contribution in [3.05, 3.63) is 0 Å². The van der Waals surface area contributed by atoms with Crippen LogP contribution in [-0.4, -0.2) is 67.2 Å². The average Bonchev–Trinajstić information content (AvgIpc) is 2.58.